The minimum absolute atomic E-state index is 0.00959. The number of amides is 2. The average Bonchev–Trinajstić information content (AvgIpc) is 2.87. The Balaban J connectivity index is 1.34. The maximum Gasteiger partial charge on any atom is 0.328 e. The van der Waals surface area contributed by atoms with Crippen molar-refractivity contribution in [3.63, 3.8) is 0 Å². The van der Waals surface area contributed by atoms with Crippen LogP contribution < -0.4 is 10.6 Å². The van der Waals surface area contributed by atoms with Gasteiger partial charge in [0.15, 0.2) is 0 Å². The van der Waals surface area contributed by atoms with Crippen LogP contribution in [-0.4, -0.2) is 37.0 Å². The molecule has 0 heterocycles. The Hall–Kier alpha value is -3.15. The first-order valence-corrected chi connectivity index (χ1v) is 13.2. The lowest BCUT2D eigenvalue weighted by Crippen LogP contribution is -2.59. The van der Waals surface area contributed by atoms with E-state index in [1.165, 1.54) is 26.4 Å². The van der Waals surface area contributed by atoms with E-state index in [0.29, 0.717) is 30.6 Å². The van der Waals surface area contributed by atoms with E-state index in [4.69, 9.17) is 4.74 Å². The maximum atomic E-state index is 13.8. The van der Waals surface area contributed by atoms with Crippen molar-refractivity contribution in [2.45, 2.75) is 63.5 Å². The van der Waals surface area contributed by atoms with Gasteiger partial charge in [-0.15, -0.1) is 0 Å². The summed E-state index contributed by atoms with van der Waals surface area (Å²) in [4.78, 5) is 39.9. The number of nitrogens with one attached hydrogen (secondary N) is 2. The Bertz CT molecular complexity index is 1050. The lowest BCUT2D eigenvalue weighted by Gasteiger charge is -2.55. The number of carbonyl (C=O) groups is 3. The fourth-order valence-electron chi connectivity index (χ4n) is 7.22. The molecular weight excluding hydrogens is 452 g/mol. The molecule has 0 aliphatic heterocycles. The molecule has 4 saturated carbocycles. The summed E-state index contributed by atoms with van der Waals surface area (Å²) in [6, 6.07) is 17.6. The van der Waals surface area contributed by atoms with Crippen molar-refractivity contribution in [2.75, 3.05) is 7.11 Å². The Kier molecular flexibility index (Phi) is 7.13. The Labute approximate surface area is 213 Å². The lowest BCUT2D eigenvalue weighted by atomic mass is 9.49. The molecule has 36 heavy (non-hydrogen) atoms. The van der Waals surface area contributed by atoms with Crippen LogP contribution in [-0.2, 0) is 32.0 Å². The van der Waals surface area contributed by atoms with Crippen LogP contribution in [0.15, 0.2) is 60.7 Å². The van der Waals surface area contributed by atoms with Crippen LogP contribution >= 0.6 is 0 Å². The van der Waals surface area contributed by atoms with E-state index in [1.807, 2.05) is 60.7 Å². The van der Waals surface area contributed by atoms with Crippen molar-refractivity contribution in [1.29, 1.82) is 0 Å². The van der Waals surface area contributed by atoms with E-state index in [-0.39, 0.29) is 17.2 Å². The molecule has 4 bridgehead atoms. The fraction of sp³-hybridized carbons (Fsp3) is 0.500. The Morgan fingerprint density at radius 2 is 1.25 bits per heavy atom. The minimum Gasteiger partial charge on any atom is -0.467 e. The molecule has 190 valence electrons. The summed E-state index contributed by atoms with van der Waals surface area (Å²) in [5.74, 6) is 1.06. The number of ether oxygens (including phenoxy) is 1. The van der Waals surface area contributed by atoms with Gasteiger partial charge in [0.2, 0.25) is 11.8 Å². The fourth-order valence-corrected chi connectivity index (χ4v) is 7.22. The molecule has 0 radical (unpaired) electrons. The number of benzene rings is 2. The quantitative estimate of drug-likeness (QED) is 0.526. The normalized spacial score (nSPS) is 27.6. The van der Waals surface area contributed by atoms with Crippen molar-refractivity contribution in [2.24, 2.45) is 23.2 Å². The van der Waals surface area contributed by atoms with Gasteiger partial charge in [-0.2, -0.15) is 0 Å². The third kappa shape index (κ3) is 5.32. The first kappa shape index (κ1) is 24.5. The third-order valence-corrected chi connectivity index (χ3v) is 8.51. The van der Waals surface area contributed by atoms with Gasteiger partial charge < -0.3 is 15.4 Å². The zero-order valence-corrected chi connectivity index (χ0v) is 21.0. The van der Waals surface area contributed by atoms with Crippen molar-refractivity contribution in [3.05, 3.63) is 71.8 Å². The monoisotopic (exact) mass is 488 g/mol. The number of carbonyl (C=O) groups excluding carboxylic acids is 3. The van der Waals surface area contributed by atoms with Crippen molar-refractivity contribution >= 4 is 17.8 Å². The van der Waals surface area contributed by atoms with Crippen LogP contribution in [0.25, 0.3) is 0 Å². The topological polar surface area (TPSA) is 84.5 Å². The van der Waals surface area contributed by atoms with Crippen molar-refractivity contribution in [3.8, 4) is 0 Å². The van der Waals surface area contributed by atoms with Crippen LogP contribution in [0.2, 0.25) is 0 Å². The molecule has 0 spiro atoms. The van der Waals surface area contributed by atoms with E-state index in [1.54, 1.807) is 0 Å². The molecule has 0 saturated heterocycles. The predicted molar refractivity (Wildman–Crippen MR) is 137 cm³/mol. The highest BCUT2D eigenvalue weighted by Gasteiger charge is 2.55. The van der Waals surface area contributed by atoms with Gasteiger partial charge in [0.25, 0.3) is 0 Å². The summed E-state index contributed by atoms with van der Waals surface area (Å²) >= 11 is 0. The molecule has 0 unspecified atom stereocenters. The van der Waals surface area contributed by atoms with Gasteiger partial charge in [-0.25, -0.2) is 4.79 Å². The van der Waals surface area contributed by atoms with Gasteiger partial charge in [0, 0.05) is 18.3 Å². The maximum absolute atomic E-state index is 13.8. The van der Waals surface area contributed by atoms with E-state index >= 15 is 0 Å². The van der Waals surface area contributed by atoms with Gasteiger partial charge in [-0.1, -0.05) is 60.7 Å². The van der Waals surface area contributed by atoms with E-state index in [0.717, 1.165) is 30.4 Å². The second-order valence-electron chi connectivity index (χ2n) is 11.2. The highest BCUT2D eigenvalue weighted by atomic mass is 16.5. The molecule has 6 nitrogen and oxygen atoms in total. The zero-order chi connectivity index (χ0) is 25.1. The van der Waals surface area contributed by atoms with Crippen LogP contribution in [0.3, 0.4) is 0 Å². The average molecular weight is 489 g/mol. The van der Waals surface area contributed by atoms with Gasteiger partial charge >= 0.3 is 5.97 Å². The molecule has 2 amide bonds. The minimum atomic E-state index is -0.834. The number of hydrogen-bond donors (Lipinski definition) is 2. The summed E-state index contributed by atoms with van der Waals surface area (Å²) in [6.07, 6.45) is 7.24. The number of hydrogen-bond acceptors (Lipinski definition) is 4. The standard InChI is InChI=1S/C30H36N2O4/c1-36-28(34)26(16-21-10-6-3-7-11-21)31-27(33)25(15-20-8-4-2-5-9-20)32-29(35)30-17-22-12-23(18-30)14-24(13-22)19-30/h2-11,22-26H,12-19H2,1H3,(H,31,33)(H,32,35)/t22?,23?,24?,25-,26-,30?/m1/s1. The van der Waals surface area contributed by atoms with Crippen molar-refractivity contribution < 1.29 is 19.1 Å². The summed E-state index contributed by atoms with van der Waals surface area (Å²) in [7, 11) is 1.32. The molecule has 2 aromatic rings. The van der Waals surface area contributed by atoms with E-state index < -0.39 is 18.1 Å². The van der Waals surface area contributed by atoms with E-state index in [9.17, 15) is 14.4 Å². The molecule has 4 aliphatic rings. The van der Waals surface area contributed by atoms with Gasteiger partial charge in [0.05, 0.1) is 7.11 Å². The van der Waals surface area contributed by atoms with E-state index in [2.05, 4.69) is 10.6 Å². The molecule has 4 aliphatic carbocycles. The summed E-state index contributed by atoms with van der Waals surface area (Å²) in [5, 5.41) is 6.03. The molecular formula is C30H36N2O4. The van der Waals surface area contributed by atoms with Crippen molar-refractivity contribution in [1.82, 2.24) is 10.6 Å². The smallest absolute Gasteiger partial charge is 0.328 e. The highest BCUT2D eigenvalue weighted by Crippen LogP contribution is 2.60. The summed E-state index contributed by atoms with van der Waals surface area (Å²) < 4.78 is 4.99. The first-order chi connectivity index (χ1) is 17.4. The van der Waals surface area contributed by atoms with Gasteiger partial charge in [-0.05, 0) is 67.4 Å². The molecule has 4 fully saturated rings. The lowest BCUT2D eigenvalue weighted by molar-refractivity contribution is -0.149. The highest BCUT2D eigenvalue weighted by molar-refractivity contribution is 5.92. The first-order valence-electron chi connectivity index (χ1n) is 13.2. The molecule has 2 aromatic carbocycles. The van der Waals surface area contributed by atoms with Crippen LogP contribution in [0, 0.1) is 23.2 Å². The third-order valence-electron chi connectivity index (χ3n) is 8.51. The summed E-state index contributed by atoms with van der Waals surface area (Å²) in [6.45, 7) is 0. The predicted octanol–water partition coefficient (Wildman–Crippen LogP) is 3.83. The second kappa shape index (κ2) is 10.5. The Morgan fingerprint density at radius 1 is 0.778 bits per heavy atom. The second-order valence-corrected chi connectivity index (χ2v) is 11.2. The molecule has 2 atom stereocenters. The SMILES string of the molecule is COC(=O)[C@@H](Cc1ccccc1)NC(=O)[C@@H](Cc1ccccc1)NC(=O)C12CC3CC(CC(C3)C1)C2. The van der Waals surface area contributed by atoms with Gasteiger partial charge in [-0.3, -0.25) is 9.59 Å². The number of methoxy groups -OCH3 is 1. The zero-order valence-electron chi connectivity index (χ0n) is 21.0. The molecule has 2 N–H and O–H groups in total. The largest absolute Gasteiger partial charge is 0.467 e. The van der Waals surface area contributed by atoms with Crippen LogP contribution in [0.5, 0.6) is 0 Å². The number of rotatable bonds is 9. The Morgan fingerprint density at radius 3 is 1.72 bits per heavy atom. The van der Waals surface area contributed by atoms with Gasteiger partial charge in [0.1, 0.15) is 12.1 Å². The number of esters is 1. The summed E-state index contributed by atoms with van der Waals surface area (Å²) in [5.41, 5.74) is 1.53. The van der Waals surface area contributed by atoms with Crippen LogP contribution in [0.4, 0.5) is 0 Å². The molecule has 6 rings (SSSR count). The molecule has 0 aromatic heterocycles. The molecule has 6 heteroatoms. The van der Waals surface area contributed by atoms with Crippen LogP contribution in [0.1, 0.15) is 49.7 Å².